The van der Waals surface area contributed by atoms with Gasteiger partial charge in [0, 0.05) is 37.8 Å². The number of hydrogen-bond donors (Lipinski definition) is 1. The fourth-order valence-electron chi connectivity index (χ4n) is 4.79. The van der Waals surface area contributed by atoms with Gasteiger partial charge in [-0.15, -0.1) is 0 Å². The van der Waals surface area contributed by atoms with Gasteiger partial charge in [-0.1, -0.05) is 24.8 Å². The van der Waals surface area contributed by atoms with Crippen LogP contribution in [0.25, 0.3) is 0 Å². The number of carbonyl (C=O) groups excluding carboxylic acids is 3. The first-order valence-electron chi connectivity index (χ1n) is 12.0. The Morgan fingerprint density at radius 2 is 1.79 bits per heavy atom. The molecule has 1 N–H and O–H groups in total. The summed E-state index contributed by atoms with van der Waals surface area (Å²) in [6.07, 6.45) is 5.79. The molecule has 33 heavy (non-hydrogen) atoms. The van der Waals surface area contributed by atoms with Gasteiger partial charge < -0.3 is 19.9 Å². The van der Waals surface area contributed by atoms with E-state index in [1.54, 1.807) is 4.90 Å². The lowest BCUT2D eigenvalue weighted by atomic mass is 9.83. The lowest BCUT2D eigenvalue weighted by Crippen LogP contribution is -2.51. The summed E-state index contributed by atoms with van der Waals surface area (Å²) in [4.78, 5) is 41.5. The van der Waals surface area contributed by atoms with Crippen LogP contribution in [0.5, 0.6) is 0 Å². The van der Waals surface area contributed by atoms with E-state index in [0.717, 1.165) is 44.2 Å². The quantitative estimate of drug-likeness (QED) is 0.677. The van der Waals surface area contributed by atoms with Crippen LogP contribution >= 0.6 is 0 Å². The minimum Gasteiger partial charge on any atom is -0.444 e. The number of nitrogens with zero attached hydrogens (tertiary/aromatic N) is 2. The summed E-state index contributed by atoms with van der Waals surface area (Å²) in [5, 5.41) is 2.78. The number of ether oxygens (including phenoxy) is 1. The molecule has 2 heterocycles. The van der Waals surface area contributed by atoms with Gasteiger partial charge >= 0.3 is 6.09 Å². The highest BCUT2D eigenvalue weighted by molar-refractivity contribution is 5.96. The van der Waals surface area contributed by atoms with E-state index in [1.165, 1.54) is 6.08 Å². The fourth-order valence-corrected chi connectivity index (χ4v) is 4.79. The normalized spacial score (nSPS) is 19.7. The average molecular weight is 456 g/mol. The molecule has 0 spiro atoms. The smallest absolute Gasteiger partial charge is 0.410 e. The summed E-state index contributed by atoms with van der Waals surface area (Å²) in [7, 11) is 0. The van der Waals surface area contributed by atoms with Crippen molar-refractivity contribution in [3.8, 4) is 0 Å². The lowest BCUT2D eigenvalue weighted by Gasteiger charge is -2.44. The Labute approximate surface area is 197 Å². The summed E-state index contributed by atoms with van der Waals surface area (Å²) in [5.41, 5.74) is 0.945. The Kier molecular flexibility index (Phi) is 8.16. The van der Waals surface area contributed by atoms with Crippen LogP contribution in [0.15, 0.2) is 36.9 Å². The van der Waals surface area contributed by atoms with E-state index < -0.39 is 5.60 Å². The average Bonchev–Trinajstić information content (AvgIpc) is 2.81. The second-order valence-corrected chi connectivity index (χ2v) is 9.95. The van der Waals surface area contributed by atoms with Crippen LogP contribution in [-0.2, 0) is 16.1 Å². The first-order chi connectivity index (χ1) is 15.7. The first kappa shape index (κ1) is 24.8. The first-order valence-corrected chi connectivity index (χ1v) is 12.0. The van der Waals surface area contributed by atoms with E-state index in [9.17, 15) is 14.4 Å². The van der Waals surface area contributed by atoms with Crippen molar-refractivity contribution >= 4 is 17.9 Å². The van der Waals surface area contributed by atoms with E-state index >= 15 is 0 Å². The van der Waals surface area contributed by atoms with Gasteiger partial charge in [0.25, 0.3) is 5.91 Å². The maximum Gasteiger partial charge on any atom is 0.410 e. The molecule has 1 unspecified atom stereocenters. The van der Waals surface area contributed by atoms with Gasteiger partial charge in [0.05, 0.1) is 0 Å². The molecular formula is C26H37N3O4. The molecule has 1 atom stereocenters. The molecule has 7 nitrogen and oxygen atoms in total. The third kappa shape index (κ3) is 6.59. The van der Waals surface area contributed by atoms with Gasteiger partial charge in [-0.25, -0.2) is 4.79 Å². The maximum atomic E-state index is 13.6. The monoisotopic (exact) mass is 455 g/mol. The SMILES string of the molecule is C=CC(=O)NCc1ccccc1C(=O)N1CCCCC1C1CCN(C(=O)OC(C)(C)C)CC1. The molecule has 3 rings (SSSR count). The standard InChI is InChI=1S/C26H37N3O4/c1-5-23(30)27-18-20-10-6-7-11-21(20)24(31)29-15-9-8-12-22(29)19-13-16-28(17-14-19)25(32)33-26(2,3)4/h5-7,10-11,19,22H,1,8-9,12-18H2,2-4H3,(H,27,30). The molecule has 180 valence electrons. The second kappa shape index (κ2) is 10.9. The minimum atomic E-state index is -0.501. The van der Waals surface area contributed by atoms with Crippen LogP contribution in [0.4, 0.5) is 4.79 Å². The van der Waals surface area contributed by atoms with Crippen molar-refractivity contribution in [3.63, 3.8) is 0 Å². The van der Waals surface area contributed by atoms with Crippen molar-refractivity contribution < 1.29 is 19.1 Å². The van der Waals surface area contributed by atoms with E-state index in [2.05, 4.69) is 11.9 Å². The van der Waals surface area contributed by atoms with Gasteiger partial charge in [0.1, 0.15) is 5.60 Å². The van der Waals surface area contributed by atoms with E-state index in [-0.39, 0.29) is 23.9 Å². The van der Waals surface area contributed by atoms with Crippen LogP contribution in [0, 0.1) is 5.92 Å². The number of rotatable bonds is 5. The molecule has 3 amide bonds. The molecule has 1 aromatic rings. The molecule has 0 aromatic heterocycles. The number of carbonyl (C=O) groups is 3. The molecular weight excluding hydrogens is 418 g/mol. The lowest BCUT2D eigenvalue weighted by molar-refractivity contribution is -0.116. The number of piperidine rings is 2. The highest BCUT2D eigenvalue weighted by atomic mass is 16.6. The van der Waals surface area contributed by atoms with E-state index in [4.69, 9.17) is 4.74 Å². The van der Waals surface area contributed by atoms with Crippen molar-refractivity contribution in [2.24, 2.45) is 5.92 Å². The van der Waals surface area contributed by atoms with Gasteiger partial charge in [-0.2, -0.15) is 0 Å². The summed E-state index contributed by atoms with van der Waals surface area (Å²) < 4.78 is 5.52. The zero-order valence-electron chi connectivity index (χ0n) is 20.1. The molecule has 7 heteroatoms. The predicted octanol–water partition coefficient (Wildman–Crippen LogP) is 4.13. The van der Waals surface area contributed by atoms with Crippen molar-refractivity contribution in [2.75, 3.05) is 19.6 Å². The van der Waals surface area contributed by atoms with E-state index in [0.29, 0.717) is 31.1 Å². The Balaban J connectivity index is 1.68. The number of amides is 3. The molecule has 0 saturated carbocycles. The Hall–Kier alpha value is -2.83. The Morgan fingerprint density at radius 1 is 1.09 bits per heavy atom. The van der Waals surface area contributed by atoms with E-state index in [1.807, 2.05) is 49.9 Å². The highest BCUT2D eigenvalue weighted by Crippen LogP contribution is 2.32. The number of hydrogen-bond acceptors (Lipinski definition) is 4. The predicted molar refractivity (Wildman–Crippen MR) is 128 cm³/mol. The van der Waals surface area contributed by atoms with Crippen LogP contribution in [0.1, 0.15) is 68.8 Å². The molecule has 1 aromatic carbocycles. The third-order valence-electron chi connectivity index (χ3n) is 6.43. The zero-order valence-corrected chi connectivity index (χ0v) is 20.1. The summed E-state index contributed by atoms with van der Waals surface area (Å²) in [6.45, 7) is 11.5. The van der Waals surface area contributed by atoms with Gasteiger partial charge in [-0.05, 0) is 76.5 Å². The molecule has 0 radical (unpaired) electrons. The molecule has 2 fully saturated rings. The summed E-state index contributed by atoms with van der Waals surface area (Å²) in [6, 6.07) is 7.64. The zero-order chi connectivity index (χ0) is 24.0. The van der Waals surface area contributed by atoms with Crippen LogP contribution in [0.2, 0.25) is 0 Å². The number of likely N-dealkylation sites (tertiary alicyclic amines) is 2. The molecule has 2 aliphatic heterocycles. The topological polar surface area (TPSA) is 79.0 Å². The Bertz CT molecular complexity index is 869. The molecule has 2 saturated heterocycles. The van der Waals surface area contributed by atoms with Crippen molar-refractivity contribution in [1.82, 2.24) is 15.1 Å². The maximum absolute atomic E-state index is 13.6. The third-order valence-corrected chi connectivity index (χ3v) is 6.43. The Morgan fingerprint density at radius 3 is 2.45 bits per heavy atom. The van der Waals surface area contributed by atoms with Crippen LogP contribution < -0.4 is 5.32 Å². The largest absolute Gasteiger partial charge is 0.444 e. The van der Waals surface area contributed by atoms with Crippen molar-refractivity contribution in [1.29, 1.82) is 0 Å². The van der Waals surface area contributed by atoms with Crippen molar-refractivity contribution in [3.05, 3.63) is 48.0 Å². The highest BCUT2D eigenvalue weighted by Gasteiger charge is 2.37. The minimum absolute atomic E-state index is 0.0257. The van der Waals surface area contributed by atoms with Gasteiger partial charge in [-0.3, -0.25) is 9.59 Å². The summed E-state index contributed by atoms with van der Waals surface area (Å²) >= 11 is 0. The fraction of sp³-hybridized carbons (Fsp3) is 0.577. The second-order valence-electron chi connectivity index (χ2n) is 9.95. The molecule has 0 aliphatic carbocycles. The van der Waals surface area contributed by atoms with Gasteiger partial charge in [0.15, 0.2) is 0 Å². The van der Waals surface area contributed by atoms with Crippen molar-refractivity contribution in [2.45, 2.75) is 71.1 Å². The molecule has 2 aliphatic rings. The number of benzene rings is 1. The number of nitrogens with one attached hydrogen (secondary N) is 1. The van der Waals surface area contributed by atoms with Crippen LogP contribution in [0.3, 0.4) is 0 Å². The molecule has 0 bridgehead atoms. The summed E-state index contributed by atoms with van der Waals surface area (Å²) in [5.74, 6) is 0.128. The van der Waals surface area contributed by atoms with Crippen LogP contribution in [-0.4, -0.2) is 59.0 Å². The van der Waals surface area contributed by atoms with Gasteiger partial charge in [0.2, 0.25) is 5.91 Å².